The van der Waals surface area contributed by atoms with E-state index in [1.165, 1.54) is 4.90 Å². The van der Waals surface area contributed by atoms with Gasteiger partial charge in [-0.1, -0.05) is 30.3 Å². The smallest absolute Gasteiger partial charge is 0.272 e. The minimum absolute atomic E-state index is 0.0128. The summed E-state index contributed by atoms with van der Waals surface area (Å²) in [5.41, 5.74) is 2.64. The molecular weight excluding hydrogens is 396 g/mol. The second kappa shape index (κ2) is 7.64. The van der Waals surface area contributed by atoms with Gasteiger partial charge >= 0.3 is 0 Å². The number of nitrogens with zero attached hydrogens (tertiary/aromatic N) is 3. The largest absolute Gasteiger partial charge is 0.489 e. The van der Waals surface area contributed by atoms with E-state index in [-0.39, 0.29) is 18.2 Å². The van der Waals surface area contributed by atoms with Crippen LogP contribution in [0, 0.1) is 0 Å². The summed E-state index contributed by atoms with van der Waals surface area (Å²) in [5.74, 6) is -0.164. The molecule has 0 bridgehead atoms. The van der Waals surface area contributed by atoms with E-state index >= 15 is 0 Å². The number of hydrogen-bond donors (Lipinski definition) is 1. The Bertz CT molecular complexity index is 1260. The van der Waals surface area contributed by atoms with E-state index in [1.54, 1.807) is 31.9 Å². The highest BCUT2D eigenvalue weighted by Crippen LogP contribution is 2.35. The number of carbonyl (C=O) groups excluding carboxylic acids is 2. The number of ether oxygens (including phenoxy) is 1. The molecule has 0 unspecified atom stereocenters. The Hall–Kier alpha value is -4.07. The molecule has 4 aromatic rings. The average Bonchev–Trinajstić information content (AvgIpc) is 3.42. The number of benzene rings is 2. The van der Waals surface area contributed by atoms with Crippen molar-refractivity contribution in [3.8, 4) is 5.75 Å². The number of hydrogen-bond acceptors (Lipinski definition) is 5. The van der Waals surface area contributed by atoms with E-state index in [0.29, 0.717) is 23.6 Å². The minimum atomic E-state index is -0.838. The standard InChI is InChI=1S/C23H20N4O4/c1-26-19-9-16-7-8-30-20(16)10-21(19)31-13-18(23(26)29)25-22(28)17-12-27(14-24-17)11-15-5-3-2-4-6-15/h2-10,12,14,18H,11,13H2,1H3,(H,25,28)/t18-/m0/s1. The normalized spacial score (nSPS) is 16.0. The van der Waals surface area contributed by atoms with Crippen LogP contribution in [0.3, 0.4) is 0 Å². The van der Waals surface area contributed by atoms with Crippen LogP contribution in [0.2, 0.25) is 0 Å². The van der Waals surface area contributed by atoms with Gasteiger partial charge in [0.1, 0.15) is 29.7 Å². The van der Waals surface area contributed by atoms with Gasteiger partial charge in [-0.15, -0.1) is 0 Å². The molecule has 3 heterocycles. The molecule has 156 valence electrons. The molecule has 0 saturated heterocycles. The number of fused-ring (bicyclic) bond motifs is 2. The number of aromatic nitrogens is 2. The van der Waals surface area contributed by atoms with Crippen molar-refractivity contribution in [2.24, 2.45) is 0 Å². The van der Waals surface area contributed by atoms with Gasteiger partial charge < -0.3 is 23.9 Å². The molecule has 8 heteroatoms. The Kier molecular flexibility index (Phi) is 4.66. The molecule has 1 aliphatic heterocycles. The number of carbonyl (C=O) groups is 2. The van der Waals surface area contributed by atoms with E-state index < -0.39 is 11.9 Å². The Morgan fingerprint density at radius 2 is 2.06 bits per heavy atom. The van der Waals surface area contributed by atoms with Crippen molar-refractivity contribution >= 4 is 28.5 Å². The van der Waals surface area contributed by atoms with Crippen molar-refractivity contribution in [2.45, 2.75) is 12.6 Å². The molecule has 2 aromatic heterocycles. The Morgan fingerprint density at radius 3 is 2.90 bits per heavy atom. The highest BCUT2D eigenvalue weighted by atomic mass is 16.5. The number of anilines is 1. The molecule has 1 N–H and O–H groups in total. The van der Waals surface area contributed by atoms with E-state index in [9.17, 15) is 9.59 Å². The highest BCUT2D eigenvalue weighted by Gasteiger charge is 2.31. The third kappa shape index (κ3) is 3.63. The summed E-state index contributed by atoms with van der Waals surface area (Å²) in [6, 6.07) is 14.5. The van der Waals surface area contributed by atoms with Crippen LogP contribution in [0.25, 0.3) is 11.0 Å². The van der Waals surface area contributed by atoms with Crippen LogP contribution in [0.15, 0.2) is 71.7 Å². The fraction of sp³-hybridized carbons (Fsp3) is 0.174. The number of amides is 2. The molecule has 2 aromatic carbocycles. The second-order valence-electron chi connectivity index (χ2n) is 7.43. The van der Waals surface area contributed by atoms with Crippen LogP contribution in [-0.2, 0) is 11.3 Å². The lowest BCUT2D eigenvalue weighted by Gasteiger charge is -2.20. The molecule has 0 spiro atoms. The van der Waals surface area contributed by atoms with Gasteiger partial charge in [0.05, 0.1) is 18.3 Å². The summed E-state index contributed by atoms with van der Waals surface area (Å²) >= 11 is 0. The van der Waals surface area contributed by atoms with Crippen molar-refractivity contribution in [3.05, 3.63) is 78.6 Å². The molecule has 1 atom stereocenters. The maximum atomic E-state index is 13.0. The molecule has 0 aliphatic carbocycles. The fourth-order valence-corrected chi connectivity index (χ4v) is 3.65. The number of rotatable bonds is 4. The van der Waals surface area contributed by atoms with Gasteiger partial charge in [0.2, 0.25) is 0 Å². The molecular formula is C23H20N4O4. The monoisotopic (exact) mass is 416 g/mol. The summed E-state index contributed by atoms with van der Waals surface area (Å²) in [7, 11) is 1.66. The van der Waals surface area contributed by atoms with Crippen LogP contribution in [0.4, 0.5) is 5.69 Å². The van der Waals surface area contributed by atoms with Crippen molar-refractivity contribution in [3.63, 3.8) is 0 Å². The van der Waals surface area contributed by atoms with Gasteiger partial charge in [0.25, 0.3) is 11.8 Å². The molecule has 0 saturated carbocycles. The van der Waals surface area contributed by atoms with Gasteiger partial charge in [-0.2, -0.15) is 0 Å². The van der Waals surface area contributed by atoms with Crippen molar-refractivity contribution < 1.29 is 18.7 Å². The lowest BCUT2D eigenvalue weighted by Crippen LogP contribution is -2.49. The van der Waals surface area contributed by atoms with E-state index in [1.807, 2.05) is 47.0 Å². The summed E-state index contributed by atoms with van der Waals surface area (Å²) in [6.07, 6.45) is 4.85. The first kappa shape index (κ1) is 18.9. The van der Waals surface area contributed by atoms with Gasteiger partial charge in [-0.3, -0.25) is 9.59 Å². The van der Waals surface area contributed by atoms with Crippen LogP contribution in [0.5, 0.6) is 5.75 Å². The van der Waals surface area contributed by atoms with Crippen LogP contribution in [0.1, 0.15) is 16.1 Å². The molecule has 8 nitrogen and oxygen atoms in total. The maximum absolute atomic E-state index is 13.0. The number of likely N-dealkylation sites (N-methyl/N-ethyl adjacent to an activating group) is 1. The zero-order chi connectivity index (χ0) is 21.4. The SMILES string of the molecule is CN1C(=O)[C@@H](NC(=O)c2cn(Cc3ccccc3)cn2)COc2cc3occc3cc21. The maximum Gasteiger partial charge on any atom is 0.272 e. The summed E-state index contributed by atoms with van der Waals surface area (Å²) in [5, 5.41) is 3.62. The van der Waals surface area contributed by atoms with Crippen LogP contribution in [-0.4, -0.2) is 41.1 Å². The summed E-state index contributed by atoms with van der Waals surface area (Å²) in [6.45, 7) is 0.616. The Morgan fingerprint density at radius 1 is 1.23 bits per heavy atom. The zero-order valence-electron chi connectivity index (χ0n) is 16.8. The predicted octanol–water partition coefficient (Wildman–Crippen LogP) is 2.83. The van der Waals surface area contributed by atoms with Crippen molar-refractivity contribution in [1.29, 1.82) is 0 Å². The third-order valence-corrected chi connectivity index (χ3v) is 5.31. The molecule has 5 rings (SSSR count). The molecule has 31 heavy (non-hydrogen) atoms. The van der Waals surface area contributed by atoms with E-state index in [4.69, 9.17) is 9.15 Å². The van der Waals surface area contributed by atoms with Gasteiger partial charge in [-0.25, -0.2) is 4.98 Å². The Labute approximate surface area is 178 Å². The third-order valence-electron chi connectivity index (χ3n) is 5.31. The van der Waals surface area contributed by atoms with Gasteiger partial charge in [0.15, 0.2) is 0 Å². The molecule has 0 fully saturated rings. The molecule has 1 aliphatic rings. The van der Waals surface area contributed by atoms with Gasteiger partial charge in [0, 0.05) is 31.2 Å². The molecule has 2 amide bonds. The number of nitrogens with one attached hydrogen (secondary N) is 1. The predicted molar refractivity (Wildman–Crippen MR) is 114 cm³/mol. The summed E-state index contributed by atoms with van der Waals surface area (Å²) in [4.78, 5) is 31.4. The molecule has 0 radical (unpaired) electrons. The lowest BCUT2D eigenvalue weighted by atomic mass is 10.2. The number of imidazole rings is 1. The lowest BCUT2D eigenvalue weighted by molar-refractivity contribution is -0.120. The minimum Gasteiger partial charge on any atom is -0.489 e. The second-order valence-corrected chi connectivity index (χ2v) is 7.43. The van der Waals surface area contributed by atoms with Gasteiger partial charge in [-0.05, 0) is 17.7 Å². The quantitative estimate of drug-likeness (QED) is 0.553. The first-order valence-electron chi connectivity index (χ1n) is 9.86. The van der Waals surface area contributed by atoms with Crippen molar-refractivity contribution in [2.75, 3.05) is 18.6 Å². The van der Waals surface area contributed by atoms with E-state index in [2.05, 4.69) is 10.3 Å². The summed E-state index contributed by atoms with van der Waals surface area (Å²) < 4.78 is 13.1. The number of furan rings is 1. The Balaban J connectivity index is 1.31. The first-order chi connectivity index (χ1) is 15.1. The first-order valence-corrected chi connectivity index (χ1v) is 9.86. The van der Waals surface area contributed by atoms with Crippen LogP contribution < -0.4 is 15.0 Å². The topological polar surface area (TPSA) is 89.6 Å². The fourth-order valence-electron chi connectivity index (χ4n) is 3.65. The highest BCUT2D eigenvalue weighted by molar-refractivity contribution is 6.04. The van der Waals surface area contributed by atoms with E-state index in [0.717, 1.165) is 10.9 Å². The average molecular weight is 416 g/mol. The zero-order valence-corrected chi connectivity index (χ0v) is 16.8. The van der Waals surface area contributed by atoms with Crippen LogP contribution >= 0.6 is 0 Å². The van der Waals surface area contributed by atoms with Crippen molar-refractivity contribution in [1.82, 2.24) is 14.9 Å².